The Hall–Kier alpha value is -2.35. The second-order valence-electron chi connectivity index (χ2n) is 4.65. The third-order valence-electron chi connectivity index (χ3n) is 3.42. The zero-order valence-electron chi connectivity index (χ0n) is 10.9. The second kappa shape index (κ2) is 5.11. The Balaban J connectivity index is 1.87. The molecule has 0 spiro atoms. The lowest BCUT2D eigenvalue weighted by atomic mass is 10.0. The van der Waals surface area contributed by atoms with Crippen LogP contribution >= 0.6 is 0 Å². The van der Waals surface area contributed by atoms with Gasteiger partial charge in [-0.3, -0.25) is 4.68 Å². The first kappa shape index (κ1) is 11.7. The molecule has 0 saturated heterocycles. The zero-order valence-corrected chi connectivity index (χ0v) is 10.9. The molecule has 2 heteroatoms. The number of benzene rings is 2. The van der Waals surface area contributed by atoms with Gasteiger partial charge in [-0.2, -0.15) is 5.10 Å². The fourth-order valence-corrected chi connectivity index (χ4v) is 2.25. The van der Waals surface area contributed by atoms with Crippen LogP contribution in [0.3, 0.4) is 0 Å². The standard InChI is InChI=1S/C17H16N2/c1-14(19-13-5-12-18-19)15-8-10-17(11-9-15)16-6-3-2-4-7-16/h2-14H,1H3. The van der Waals surface area contributed by atoms with Gasteiger partial charge in [0.2, 0.25) is 0 Å². The normalized spacial score (nSPS) is 12.3. The van der Waals surface area contributed by atoms with Crippen LogP contribution in [0, 0.1) is 0 Å². The summed E-state index contributed by atoms with van der Waals surface area (Å²) in [6.45, 7) is 2.16. The third kappa shape index (κ3) is 2.43. The Morgan fingerprint density at radius 1 is 0.842 bits per heavy atom. The number of rotatable bonds is 3. The molecule has 0 aliphatic heterocycles. The fourth-order valence-electron chi connectivity index (χ4n) is 2.25. The summed E-state index contributed by atoms with van der Waals surface area (Å²) in [6.07, 6.45) is 3.81. The highest BCUT2D eigenvalue weighted by Gasteiger charge is 2.07. The van der Waals surface area contributed by atoms with Crippen LogP contribution in [0.2, 0.25) is 0 Å². The summed E-state index contributed by atoms with van der Waals surface area (Å²) in [5.41, 5.74) is 3.76. The minimum Gasteiger partial charge on any atom is -0.266 e. The van der Waals surface area contributed by atoms with Crippen molar-refractivity contribution in [3.63, 3.8) is 0 Å². The molecule has 3 rings (SSSR count). The third-order valence-corrected chi connectivity index (χ3v) is 3.42. The first-order valence-electron chi connectivity index (χ1n) is 6.49. The minimum atomic E-state index is 0.264. The average Bonchev–Trinajstić information content (AvgIpc) is 3.02. The van der Waals surface area contributed by atoms with Gasteiger partial charge in [-0.1, -0.05) is 54.6 Å². The Kier molecular flexibility index (Phi) is 3.15. The molecular weight excluding hydrogens is 232 g/mol. The first-order valence-corrected chi connectivity index (χ1v) is 6.49. The summed E-state index contributed by atoms with van der Waals surface area (Å²) in [5.74, 6) is 0. The molecule has 94 valence electrons. The van der Waals surface area contributed by atoms with Gasteiger partial charge in [-0.25, -0.2) is 0 Å². The summed E-state index contributed by atoms with van der Waals surface area (Å²) >= 11 is 0. The van der Waals surface area contributed by atoms with E-state index in [1.165, 1.54) is 16.7 Å². The van der Waals surface area contributed by atoms with Gasteiger partial charge >= 0.3 is 0 Å². The van der Waals surface area contributed by atoms with Crippen LogP contribution in [0.15, 0.2) is 73.1 Å². The largest absolute Gasteiger partial charge is 0.266 e. The summed E-state index contributed by atoms with van der Waals surface area (Å²) in [4.78, 5) is 0. The molecule has 19 heavy (non-hydrogen) atoms. The molecule has 0 bridgehead atoms. The van der Waals surface area contributed by atoms with E-state index in [0.29, 0.717) is 0 Å². The maximum atomic E-state index is 4.29. The molecule has 0 N–H and O–H groups in total. The molecule has 2 aromatic carbocycles. The molecule has 0 fully saturated rings. The Bertz CT molecular complexity index is 625. The first-order chi connectivity index (χ1) is 9.34. The number of aromatic nitrogens is 2. The summed E-state index contributed by atoms with van der Waals surface area (Å²) in [5, 5.41) is 4.29. The van der Waals surface area contributed by atoms with Crippen molar-refractivity contribution >= 4 is 0 Å². The van der Waals surface area contributed by atoms with Crippen LogP contribution in [0.25, 0.3) is 11.1 Å². The minimum absolute atomic E-state index is 0.264. The molecule has 0 radical (unpaired) electrons. The maximum absolute atomic E-state index is 4.29. The van der Waals surface area contributed by atoms with E-state index in [0.717, 1.165) is 0 Å². The summed E-state index contributed by atoms with van der Waals surface area (Å²) in [6, 6.07) is 21.3. The van der Waals surface area contributed by atoms with E-state index in [4.69, 9.17) is 0 Å². The van der Waals surface area contributed by atoms with Crippen molar-refractivity contribution in [2.75, 3.05) is 0 Å². The molecule has 3 aromatic rings. The second-order valence-corrected chi connectivity index (χ2v) is 4.65. The smallest absolute Gasteiger partial charge is 0.0740 e. The zero-order chi connectivity index (χ0) is 13.1. The van der Waals surface area contributed by atoms with E-state index < -0.39 is 0 Å². The van der Waals surface area contributed by atoms with Gasteiger partial charge in [-0.15, -0.1) is 0 Å². The highest BCUT2D eigenvalue weighted by molar-refractivity contribution is 5.63. The van der Waals surface area contributed by atoms with Crippen LogP contribution < -0.4 is 0 Å². The molecule has 0 aliphatic carbocycles. The van der Waals surface area contributed by atoms with E-state index in [1.807, 2.05) is 29.2 Å². The van der Waals surface area contributed by atoms with Crippen LogP contribution in [0.1, 0.15) is 18.5 Å². The predicted octanol–water partition coefficient (Wildman–Crippen LogP) is 4.16. The number of hydrogen-bond acceptors (Lipinski definition) is 1. The summed E-state index contributed by atoms with van der Waals surface area (Å²) in [7, 11) is 0. The van der Waals surface area contributed by atoms with Crippen LogP contribution in [0.5, 0.6) is 0 Å². The van der Waals surface area contributed by atoms with Gasteiger partial charge in [-0.05, 0) is 29.7 Å². The highest BCUT2D eigenvalue weighted by atomic mass is 15.3. The van der Waals surface area contributed by atoms with Gasteiger partial charge in [0.25, 0.3) is 0 Å². The molecule has 1 unspecified atom stereocenters. The van der Waals surface area contributed by atoms with Gasteiger partial charge in [0, 0.05) is 12.4 Å². The van der Waals surface area contributed by atoms with Crippen molar-refractivity contribution in [2.24, 2.45) is 0 Å². The topological polar surface area (TPSA) is 17.8 Å². The van der Waals surface area contributed by atoms with E-state index >= 15 is 0 Å². The average molecular weight is 248 g/mol. The van der Waals surface area contributed by atoms with E-state index in [1.54, 1.807) is 0 Å². The predicted molar refractivity (Wildman–Crippen MR) is 77.9 cm³/mol. The Morgan fingerprint density at radius 3 is 2.16 bits per heavy atom. The van der Waals surface area contributed by atoms with E-state index in [9.17, 15) is 0 Å². The van der Waals surface area contributed by atoms with E-state index in [-0.39, 0.29) is 6.04 Å². The van der Waals surface area contributed by atoms with Crippen LogP contribution in [-0.2, 0) is 0 Å². The molecule has 0 aliphatic rings. The fraction of sp³-hybridized carbons (Fsp3) is 0.118. The molecule has 0 amide bonds. The van der Waals surface area contributed by atoms with Gasteiger partial charge < -0.3 is 0 Å². The molecule has 0 saturated carbocycles. The van der Waals surface area contributed by atoms with Crippen molar-refractivity contribution in [2.45, 2.75) is 13.0 Å². The molecular formula is C17H16N2. The Morgan fingerprint density at radius 2 is 1.53 bits per heavy atom. The van der Waals surface area contributed by atoms with Crippen molar-refractivity contribution in [1.29, 1.82) is 0 Å². The van der Waals surface area contributed by atoms with Crippen LogP contribution in [-0.4, -0.2) is 9.78 Å². The van der Waals surface area contributed by atoms with Crippen molar-refractivity contribution in [3.8, 4) is 11.1 Å². The molecule has 2 nitrogen and oxygen atoms in total. The molecule has 1 heterocycles. The lowest BCUT2D eigenvalue weighted by molar-refractivity contribution is 0.564. The van der Waals surface area contributed by atoms with Crippen molar-refractivity contribution < 1.29 is 0 Å². The molecule has 1 aromatic heterocycles. The number of nitrogens with zero attached hydrogens (tertiary/aromatic N) is 2. The summed E-state index contributed by atoms with van der Waals surface area (Å²) < 4.78 is 1.97. The lowest BCUT2D eigenvalue weighted by Crippen LogP contribution is -2.06. The van der Waals surface area contributed by atoms with E-state index in [2.05, 4.69) is 60.6 Å². The van der Waals surface area contributed by atoms with Crippen LogP contribution in [0.4, 0.5) is 0 Å². The monoisotopic (exact) mass is 248 g/mol. The van der Waals surface area contributed by atoms with Crippen molar-refractivity contribution in [1.82, 2.24) is 9.78 Å². The highest BCUT2D eigenvalue weighted by Crippen LogP contribution is 2.23. The Labute approximate surface area is 113 Å². The molecule has 1 atom stereocenters. The lowest BCUT2D eigenvalue weighted by Gasteiger charge is -2.13. The quantitative estimate of drug-likeness (QED) is 0.680. The van der Waals surface area contributed by atoms with Gasteiger partial charge in [0.15, 0.2) is 0 Å². The SMILES string of the molecule is CC(c1ccc(-c2ccccc2)cc1)n1cccn1. The van der Waals surface area contributed by atoms with Gasteiger partial charge in [0.05, 0.1) is 6.04 Å². The van der Waals surface area contributed by atoms with Gasteiger partial charge in [0.1, 0.15) is 0 Å². The van der Waals surface area contributed by atoms with Crippen molar-refractivity contribution in [3.05, 3.63) is 78.6 Å². The number of hydrogen-bond donors (Lipinski definition) is 0. The maximum Gasteiger partial charge on any atom is 0.0740 e.